The van der Waals surface area contributed by atoms with Crippen LogP contribution in [0.25, 0.3) is 11.2 Å². The molecule has 0 unspecified atom stereocenters. The quantitative estimate of drug-likeness (QED) is 0.274. The van der Waals surface area contributed by atoms with Gasteiger partial charge in [-0.25, -0.2) is 19.0 Å². The van der Waals surface area contributed by atoms with Gasteiger partial charge in [0.1, 0.15) is 18.0 Å². The van der Waals surface area contributed by atoms with Gasteiger partial charge in [-0.15, -0.1) is 5.10 Å². The van der Waals surface area contributed by atoms with Crippen molar-refractivity contribution < 1.29 is 19.3 Å². The highest BCUT2D eigenvalue weighted by Gasteiger charge is 2.45. The Bertz CT molecular complexity index is 1230. The lowest BCUT2D eigenvalue weighted by atomic mass is 10.1. The van der Waals surface area contributed by atoms with Gasteiger partial charge in [0, 0.05) is 30.7 Å². The van der Waals surface area contributed by atoms with Gasteiger partial charge in [0.25, 0.3) is 0 Å². The molecule has 2 heterocycles. The van der Waals surface area contributed by atoms with Gasteiger partial charge in [0.05, 0.1) is 12.1 Å². The Hall–Kier alpha value is -2.34. The fourth-order valence-electron chi connectivity index (χ4n) is 4.78. The predicted octanol–water partition coefficient (Wildman–Crippen LogP) is 3.60. The molecule has 36 heavy (non-hydrogen) atoms. The number of nitrogens with one attached hydrogen (secondary N) is 1. The number of aryl methyl sites for hydroxylation is 1. The molecule has 0 aliphatic heterocycles. The van der Waals surface area contributed by atoms with E-state index in [4.69, 9.17) is 14.7 Å². The number of anilines is 1. The third-order valence-electron chi connectivity index (χ3n) is 6.92. The van der Waals surface area contributed by atoms with Crippen molar-refractivity contribution in [2.75, 3.05) is 17.7 Å². The summed E-state index contributed by atoms with van der Waals surface area (Å²) in [6.45, 7) is 6.37. The van der Waals surface area contributed by atoms with Crippen molar-refractivity contribution in [1.82, 2.24) is 25.0 Å². The molecule has 3 aromatic rings. The summed E-state index contributed by atoms with van der Waals surface area (Å²) in [6.07, 6.45) is 0.557. The molecule has 6 atom stereocenters. The van der Waals surface area contributed by atoms with Gasteiger partial charge in [-0.1, -0.05) is 43.0 Å². The van der Waals surface area contributed by atoms with Crippen molar-refractivity contribution in [2.45, 2.75) is 87.9 Å². The summed E-state index contributed by atoms with van der Waals surface area (Å²) in [6, 6.07) is 4.99. The Morgan fingerprint density at radius 1 is 1.17 bits per heavy atom. The van der Waals surface area contributed by atoms with E-state index >= 15 is 0 Å². The molecular weight excluding hydrogens is 483 g/mol. The minimum absolute atomic E-state index is 0.102. The fraction of sp³-hybridized carbons (Fsp3) is 0.600. The van der Waals surface area contributed by atoms with Crippen LogP contribution in [0, 0.1) is 12.7 Å². The van der Waals surface area contributed by atoms with Gasteiger partial charge >= 0.3 is 0 Å². The molecule has 194 valence electrons. The minimum Gasteiger partial charge on any atom is -0.388 e. The van der Waals surface area contributed by atoms with E-state index in [1.807, 2.05) is 19.1 Å². The normalized spacial score (nSPS) is 27.6. The van der Waals surface area contributed by atoms with Crippen molar-refractivity contribution in [2.24, 2.45) is 0 Å². The van der Waals surface area contributed by atoms with Crippen molar-refractivity contribution in [3.8, 4) is 0 Å². The highest BCUT2D eigenvalue weighted by molar-refractivity contribution is 7.99. The van der Waals surface area contributed by atoms with Crippen LogP contribution in [0.2, 0.25) is 0 Å². The first-order valence-electron chi connectivity index (χ1n) is 12.7. The maximum atomic E-state index is 14.1. The first kappa shape index (κ1) is 25.3. The first-order chi connectivity index (χ1) is 17.4. The van der Waals surface area contributed by atoms with Gasteiger partial charge in [-0.2, -0.15) is 0 Å². The van der Waals surface area contributed by atoms with Crippen LogP contribution in [0.1, 0.15) is 62.6 Å². The summed E-state index contributed by atoms with van der Waals surface area (Å²) in [5.74, 6) is 1.44. The molecule has 0 amide bonds. The third kappa shape index (κ3) is 4.93. The summed E-state index contributed by atoms with van der Waals surface area (Å²) in [7, 11) is 0. The zero-order valence-electron chi connectivity index (χ0n) is 20.8. The maximum absolute atomic E-state index is 14.1. The van der Waals surface area contributed by atoms with Crippen LogP contribution in [0.3, 0.4) is 0 Å². The number of hydrogen-bond donors (Lipinski definition) is 3. The van der Waals surface area contributed by atoms with E-state index in [0.717, 1.165) is 30.6 Å². The molecule has 0 radical (unpaired) electrons. The van der Waals surface area contributed by atoms with Gasteiger partial charge in [0.2, 0.25) is 0 Å². The Morgan fingerprint density at radius 3 is 2.75 bits per heavy atom. The van der Waals surface area contributed by atoms with Crippen LogP contribution in [0.5, 0.6) is 0 Å². The highest BCUT2D eigenvalue weighted by Crippen LogP contribution is 2.44. The molecule has 2 aliphatic carbocycles. The molecule has 1 aromatic carbocycles. The van der Waals surface area contributed by atoms with E-state index in [-0.39, 0.29) is 17.8 Å². The number of fused-ring (bicyclic) bond motifs is 1. The second kappa shape index (κ2) is 10.6. The van der Waals surface area contributed by atoms with E-state index in [9.17, 15) is 14.6 Å². The van der Waals surface area contributed by atoms with Crippen molar-refractivity contribution in [1.29, 1.82) is 0 Å². The summed E-state index contributed by atoms with van der Waals surface area (Å²) in [5, 5.41) is 34.1. The smallest absolute Gasteiger partial charge is 0.191 e. The zero-order valence-corrected chi connectivity index (χ0v) is 21.6. The van der Waals surface area contributed by atoms with E-state index in [2.05, 4.69) is 22.6 Å². The van der Waals surface area contributed by atoms with E-state index in [1.165, 1.54) is 0 Å². The molecule has 3 N–H and O–H groups in total. The molecular formula is C25H33FN6O3S. The second-order valence-electron chi connectivity index (χ2n) is 9.70. The van der Waals surface area contributed by atoms with Crippen LogP contribution in [-0.2, 0) is 4.74 Å². The van der Waals surface area contributed by atoms with Crippen molar-refractivity contribution >= 4 is 28.7 Å². The molecule has 0 spiro atoms. The highest BCUT2D eigenvalue weighted by atomic mass is 32.2. The molecule has 5 rings (SSSR count). The molecule has 2 aromatic heterocycles. The number of aliphatic hydroxyl groups excluding tert-OH is 2. The van der Waals surface area contributed by atoms with Crippen molar-refractivity contribution in [3.63, 3.8) is 0 Å². The Labute approximate surface area is 213 Å². The predicted molar refractivity (Wildman–Crippen MR) is 136 cm³/mol. The number of aromatic nitrogens is 5. The van der Waals surface area contributed by atoms with E-state index in [0.29, 0.717) is 40.7 Å². The lowest BCUT2D eigenvalue weighted by Crippen LogP contribution is -2.33. The summed E-state index contributed by atoms with van der Waals surface area (Å²) in [5.41, 5.74) is 2.62. The fourth-order valence-corrected chi connectivity index (χ4v) is 5.47. The summed E-state index contributed by atoms with van der Waals surface area (Å²) >= 11 is 1.55. The number of ether oxygens (including phenoxy) is 1. The largest absolute Gasteiger partial charge is 0.388 e. The number of thioether (sulfide) groups is 1. The average Bonchev–Trinajstić information content (AvgIpc) is 3.41. The van der Waals surface area contributed by atoms with Gasteiger partial charge in [-0.3, -0.25) is 0 Å². The van der Waals surface area contributed by atoms with Crippen LogP contribution < -0.4 is 5.32 Å². The van der Waals surface area contributed by atoms with E-state index in [1.54, 1.807) is 29.4 Å². The average molecular weight is 517 g/mol. The molecule has 11 heteroatoms. The maximum Gasteiger partial charge on any atom is 0.191 e. The summed E-state index contributed by atoms with van der Waals surface area (Å²) < 4.78 is 21.5. The van der Waals surface area contributed by atoms with E-state index < -0.39 is 24.4 Å². The minimum atomic E-state index is -1.04. The topological polar surface area (TPSA) is 118 Å². The standard InChI is InChI=1S/C25H33FN6O3S/c1-4-8-35-19-12-18(21(33)22(19)34)32-24-20(30-31-32)23(28-25(29-24)36-9-5-2)27-17-11-15(17)14-7-6-13(3)16(26)10-14/h6-7,10,15,17-19,21-22,33-34H,4-5,8-9,11-12H2,1-3H3,(H,27,28,29)/t15-,17+,18+,19-,21-,22+/m0/s1. The number of halogens is 1. The molecule has 2 saturated carbocycles. The lowest BCUT2D eigenvalue weighted by Gasteiger charge is -2.17. The number of aliphatic hydroxyl groups is 2. The first-order valence-corrected chi connectivity index (χ1v) is 13.7. The monoisotopic (exact) mass is 516 g/mol. The van der Waals surface area contributed by atoms with Crippen LogP contribution in [0.4, 0.5) is 10.2 Å². The number of rotatable bonds is 10. The number of nitrogens with zero attached hydrogens (tertiary/aromatic N) is 5. The van der Waals surface area contributed by atoms with Crippen LogP contribution in [0.15, 0.2) is 23.4 Å². The number of benzene rings is 1. The van der Waals surface area contributed by atoms with Gasteiger partial charge in [-0.05, 0) is 43.4 Å². The lowest BCUT2D eigenvalue weighted by molar-refractivity contribution is -0.0564. The molecule has 2 fully saturated rings. The van der Waals surface area contributed by atoms with Crippen LogP contribution in [-0.4, -0.2) is 71.9 Å². The van der Waals surface area contributed by atoms with Gasteiger partial charge in [0.15, 0.2) is 22.1 Å². The Balaban J connectivity index is 1.43. The third-order valence-corrected chi connectivity index (χ3v) is 7.98. The van der Waals surface area contributed by atoms with Crippen LogP contribution >= 0.6 is 11.8 Å². The molecule has 0 saturated heterocycles. The zero-order chi connectivity index (χ0) is 25.4. The van der Waals surface area contributed by atoms with Crippen molar-refractivity contribution in [3.05, 3.63) is 35.1 Å². The molecule has 9 nitrogen and oxygen atoms in total. The molecule has 2 aliphatic rings. The SMILES string of the molecule is CCCO[C@H]1C[C@@H](n2nnc3c(N[C@@H]4C[C@H]4c4ccc(C)c(F)c4)nc(SCCC)nc32)[C@H](O)[C@@H]1O. The van der Waals surface area contributed by atoms with Gasteiger partial charge < -0.3 is 20.3 Å². The second-order valence-corrected chi connectivity index (χ2v) is 10.8. The number of hydrogen-bond acceptors (Lipinski definition) is 9. The Morgan fingerprint density at radius 2 is 2.00 bits per heavy atom. The summed E-state index contributed by atoms with van der Waals surface area (Å²) in [4.78, 5) is 9.44. The molecule has 0 bridgehead atoms. The Kier molecular flexibility index (Phi) is 7.43.